The predicted octanol–water partition coefficient (Wildman–Crippen LogP) is 1.48. The Morgan fingerprint density at radius 2 is 1.54 bits per heavy atom. The van der Waals surface area contributed by atoms with E-state index >= 15 is 0 Å². The normalized spacial score (nSPS) is 13.3. The van der Waals surface area contributed by atoms with Gasteiger partial charge < -0.3 is 5.32 Å². The van der Waals surface area contributed by atoms with Crippen LogP contribution in [-0.4, -0.2) is 39.4 Å². The van der Waals surface area contributed by atoms with Crippen molar-refractivity contribution in [2.24, 2.45) is 0 Å². The van der Waals surface area contributed by atoms with Crippen molar-refractivity contribution in [1.29, 1.82) is 0 Å². The number of hydrogen-bond donors (Lipinski definition) is 1. The lowest BCUT2D eigenvalue weighted by molar-refractivity contribution is 0.0957. The largest absolute Gasteiger partial charge is 0.355 e. The number of aromatic nitrogens is 4. The molecule has 1 aliphatic carbocycles. The van der Waals surface area contributed by atoms with Gasteiger partial charge in [-0.25, -0.2) is 9.97 Å². The van der Waals surface area contributed by atoms with Gasteiger partial charge in [-0.15, -0.1) is 0 Å². The number of hydrogen-bond acceptors (Lipinski definition) is 6. The molecule has 7 nitrogen and oxygen atoms in total. The Bertz CT molecular complexity index is 1030. The van der Waals surface area contributed by atoms with Crippen molar-refractivity contribution in [2.75, 3.05) is 7.05 Å². The van der Waals surface area contributed by atoms with Crippen LogP contribution in [0.3, 0.4) is 0 Å². The van der Waals surface area contributed by atoms with E-state index in [-0.39, 0.29) is 5.91 Å². The number of carbonyl (C=O) groups excluding carboxylic acids is 2. The van der Waals surface area contributed by atoms with Crippen LogP contribution in [0.2, 0.25) is 0 Å². The fraction of sp³-hybridized carbons (Fsp3) is 0.263. The fourth-order valence-electron chi connectivity index (χ4n) is 3.35. The first kappa shape index (κ1) is 16.3. The molecule has 0 spiro atoms. The summed E-state index contributed by atoms with van der Waals surface area (Å²) in [6, 6.07) is 3.28. The molecule has 4 rings (SSSR count). The van der Waals surface area contributed by atoms with Gasteiger partial charge in [-0.05, 0) is 48.9 Å². The third-order valence-corrected chi connectivity index (χ3v) is 4.76. The zero-order chi connectivity index (χ0) is 18.1. The van der Waals surface area contributed by atoms with E-state index in [1.54, 1.807) is 12.1 Å². The summed E-state index contributed by atoms with van der Waals surface area (Å²) >= 11 is 0. The molecule has 1 N–H and O–H groups in total. The summed E-state index contributed by atoms with van der Waals surface area (Å²) in [5.41, 5.74) is 6.14. The zero-order valence-corrected chi connectivity index (χ0v) is 14.3. The van der Waals surface area contributed by atoms with Crippen molar-refractivity contribution >= 4 is 23.2 Å². The SMILES string of the molecule is CNC(=O)c1cc2nc3c(nc2cc1C=O)CCc1cnncc1CC3. The van der Waals surface area contributed by atoms with E-state index in [2.05, 4.69) is 15.5 Å². The van der Waals surface area contributed by atoms with Crippen LogP contribution in [0.1, 0.15) is 43.2 Å². The van der Waals surface area contributed by atoms with Crippen molar-refractivity contribution in [2.45, 2.75) is 25.7 Å². The Balaban J connectivity index is 1.81. The smallest absolute Gasteiger partial charge is 0.251 e. The van der Waals surface area contributed by atoms with Gasteiger partial charge in [0.2, 0.25) is 0 Å². The first-order valence-corrected chi connectivity index (χ1v) is 8.49. The summed E-state index contributed by atoms with van der Waals surface area (Å²) in [6.07, 6.45) is 7.47. The second kappa shape index (κ2) is 6.59. The molecule has 1 aliphatic rings. The molecule has 1 amide bonds. The Kier molecular flexibility index (Phi) is 4.12. The summed E-state index contributed by atoms with van der Waals surface area (Å²) in [5, 5.41) is 10.5. The lowest BCUT2D eigenvalue weighted by atomic mass is 9.95. The molecule has 26 heavy (non-hydrogen) atoms. The highest BCUT2D eigenvalue weighted by Crippen LogP contribution is 2.23. The number of fused-ring (bicyclic) bond motifs is 3. The zero-order valence-electron chi connectivity index (χ0n) is 14.3. The van der Waals surface area contributed by atoms with E-state index in [4.69, 9.17) is 9.97 Å². The Morgan fingerprint density at radius 1 is 0.962 bits per heavy atom. The third kappa shape index (κ3) is 2.81. The van der Waals surface area contributed by atoms with Crippen LogP contribution in [-0.2, 0) is 25.7 Å². The summed E-state index contributed by atoms with van der Waals surface area (Å²) in [4.78, 5) is 32.9. The summed E-state index contributed by atoms with van der Waals surface area (Å²) in [6.45, 7) is 0. The van der Waals surface area contributed by atoms with Crippen LogP contribution in [0.4, 0.5) is 0 Å². The molecule has 0 aliphatic heterocycles. The molecule has 1 aromatic carbocycles. The average Bonchev–Trinajstić information content (AvgIpc) is 2.67. The minimum atomic E-state index is -0.310. The molecule has 0 bridgehead atoms. The molecule has 0 unspecified atom stereocenters. The van der Waals surface area contributed by atoms with E-state index in [1.807, 2.05) is 12.4 Å². The maximum atomic E-state index is 12.0. The molecule has 2 aromatic heterocycles. The molecule has 7 heteroatoms. The Hall–Kier alpha value is -3.22. The molecule has 0 saturated heterocycles. The van der Waals surface area contributed by atoms with E-state index in [0.717, 1.165) is 37.1 Å². The van der Waals surface area contributed by atoms with E-state index in [0.29, 0.717) is 28.4 Å². The number of nitrogens with zero attached hydrogens (tertiary/aromatic N) is 4. The topological polar surface area (TPSA) is 97.7 Å². The van der Waals surface area contributed by atoms with Crippen LogP contribution < -0.4 is 5.32 Å². The van der Waals surface area contributed by atoms with Gasteiger partial charge in [0.25, 0.3) is 5.91 Å². The molecular weight excluding hydrogens is 330 g/mol. The van der Waals surface area contributed by atoms with Gasteiger partial charge >= 0.3 is 0 Å². The highest BCUT2D eigenvalue weighted by molar-refractivity contribution is 6.04. The van der Waals surface area contributed by atoms with Crippen molar-refractivity contribution in [3.63, 3.8) is 0 Å². The van der Waals surface area contributed by atoms with Gasteiger partial charge in [0.05, 0.1) is 40.4 Å². The van der Waals surface area contributed by atoms with Crippen LogP contribution in [0.5, 0.6) is 0 Å². The molecule has 0 fully saturated rings. The monoisotopic (exact) mass is 347 g/mol. The first-order valence-electron chi connectivity index (χ1n) is 8.49. The minimum absolute atomic E-state index is 0.310. The molecule has 0 saturated carbocycles. The lowest BCUT2D eigenvalue weighted by Crippen LogP contribution is -2.20. The third-order valence-electron chi connectivity index (χ3n) is 4.76. The number of aryl methyl sites for hydroxylation is 4. The van der Waals surface area contributed by atoms with Crippen molar-refractivity contribution in [1.82, 2.24) is 25.5 Å². The highest BCUT2D eigenvalue weighted by atomic mass is 16.1. The molecule has 0 atom stereocenters. The van der Waals surface area contributed by atoms with Gasteiger partial charge in [0.15, 0.2) is 6.29 Å². The van der Waals surface area contributed by atoms with E-state index < -0.39 is 0 Å². The van der Waals surface area contributed by atoms with Gasteiger partial charge in [-0.1, -0.05) is 0 Å². The van der Waals surface area contributed by atoms with Gasteiger partial charge in [0, 0.05) is 12.6 Å². The summed E-state index contributed by atoms with van der Waals surface area (Å²) in [7, 11) is 1.54. The number of nitrogens with one attached hydrogen (secondary N) is 1. The fourth-order valence-corrected chi connectivity index (χ4v) is 3.35. The number of benzene rings is 1. The second-order valence-corrected chi connectivity index (χ2v) is 6.28. The lowest BCUT2D eigenvalue weighted by Gasteiger charge is -2.16. The van der Waals surface area contributed by atoms with Crippen molar-refractivity contribution < 1.29 is 9.59 Å². The predicted molar refractivity (Wildman–Crippen MR) is 95.2 cm³/mol. The standard InChI is InChI=1S/C19H17N5O2/c1-20-19(26)14-7-18-17(6-13(14)10-25)23-15-4-2-11-8-21-22-9-12(11)3-5-16(15)24-18/h6-10H,2-5H2,1H3,(H,20,26). The number of amides is 1. The molecule has 0 radical (unpaired) electrons. The second-order valence-electron chi connectivity index (χ2n) is 6.28. The van der Waals surface area contributed by atoms with E-state index in [9.17, 15) is 9.59 Å². The maximum absolute atomic E-state index is 12.0. The molecular formula is C19H17N5O2. The molecule has 3 aromatic rings. The summed E-state index contributed by atoms with van der Waals surface area (Å²) in [5.74, 6) is -0.310. The Labute approximate surface area is 149 Å². The number of rotatable bonds is 2. The first-order chi connectivity index (χ1) is 12.7. The molecule has 130 valence electrons. The quantitative estimate of drug-likeness (QED) is 0.705. The van der Waals surface area contributed by atoms with Crippen LogP contribution in [0.15, 0.2) is 24.5 Å². The van der Waals surface area contributed by atoms with Crippen molar-refractivity contribution in [3.05, 3.63) is 58.2 Å². The molecule has 2 heterocycles. The Morgan fingerprint density at radius 3 is 2.08 bits per heavy atom. The van der Waals surface area contributed by atoms with Crippen LogP contribution >= 0.6 is 0 Å². The van der Waals surface area contributed by atoms with Gasteiger partial charge in [-0.2, -0.15) is 10.2 Å². The van der Waals surface area contributed by atoms with E-state index in [1.165, 1.54) is 18.2 Å². The van der Waals surface area contributed by atoms with Crippen molar-refractivity contribution in [3.8, 4) is 0 Å². The van der Waals surface area contributed by atoms with Crippen LogP contribution in [0, 0.1) is 0 Å². The minimum Gasteiger partial charge on any atom is -0.355 e. The summed E-state index contributed by atoms with van der Waals surface area (Å²) < 4.78 is 0. The van der Waals surface area contributed by atoms with Gasteiger partial charge in [-0.3, -0.25) is 9.59 Å². The maximum Gasteiger partial charge on any atom is 0.251 e. The van der Waals surface area contributed by atoms with Crippen LogP contribution in [0.25, 0.3) is 11.0 Å². The van der Waals surface area contributed by atoms with Gasteiger partial charge in [0.1, 0.15) is 0 Å². The number of aldehydes is 1. The highest BCUT2D eigenvalue weighted by Gasteiger charge is 2.18. The number of carbonyl (C=O) groups is 2. The average molecular weight is 347 g/mol.